The van der Waals surface area contributed by atoms with Gasteiger partial charge in [-0.3, -0.25) is 14.4 Å². The molecule has 0 N–H and O–H groups in total. The van der Waals surface area contributed by atoms with Gasteiger partial charge < -0.3 is 4.79 Å². The van der Waals surface area contributed by atoms with Crippen molar-refractivity contribution in [2.75, 3.05) is 0 Å². The number of Topliss-reactive ketones (excluding diaryl/α,β-unsaturated/α-hetero) is 4. The van der Waals surface area contributed by atoms with Gasteiger partial charge in [0.1, 0.15) is 17.3 Å². The fourth-order valence-electron chi connectivity index (χ4n) is 6.30. The predicted octanol–water partition coefficient (Wildman–Crippen LogP) is 8.73. The molecule has 4 nitrogen and oxygen atoms in total. The number of ketones is 4. The summed E-state index contributed by atoms with van der Waals surface area (Å²) in [6, 6.07) is 12.4. The third-order valence-corrected chi connectivity index (χ3v) is 8.02. The Morgan fingerprint density at radius 2 is 1.60 bits per heavy atom. The SMILES string of the molecule is CCC.CCCC(CC1CC(=O)c2c(C)c(CCC(C)=O)cc(-c3ccccc3)c2C1)C(CC)C(=O)CC(C)=O. The molecule has 0 amide bonds. The van der Waals surface area contributed by atoms with E-state index in [0.29, 0.717) is 19.3 Å². The average molecular weight is 547 g/mol. The Morgan fingerprint density at radius 1 is 0.950 bits per heavy atom. The van der Waals surface area contributed by atoms with Gasteiger partial charge in [-0.15, -0.1) is 0 Å². The molecule has 0 heterocycles. The number of carbonyl (C=O) groups excluding carboxylic acids is 4. The Labute approximate surface area is 242 Å². The standard InChI is InChI=1S/C33H42O4.C3H8/c1-6-11-27(28(7-2)31(36)16-22(4)35)17-24-18-30-29(25-12-9-8-10-13-25)20-26(15-14-21(3)34)23(5)33(30)32(37)19-24;1-3-2/h8-10,12-13,20,24,27-28H,6-7,11,14-19H2,1-5H3;3H2,1-2H3. The van der Waals surface area contributed by atoms with E-state index in [-0.39, 0.29) is 47.3 Å². The summed E-state index contributed by atoms with van der Waals surface area (Å²) in [5.41, 5.74) is 6.20. The summed E-state index contributed by atoms with van der Waals surface area (Å²) in [5.74, 6) is 0.499. The fraction of sp³-hybridized carbons (Fsp3) is 0.556. The quantitative estimate of drug-likeness (QED) is 0.236. The van der Waals surface area contributed by atoms with Crippen LogP contribution < -0.4 is 0 Å². The normalized spacial score (nSPS) is 15.9. The van der Waals surface area contributed by atoms with Gasteiger partial charge in [0.25, 0.3) is 0 Å². The molecule has 0 saturated heterocycles. The van der Waals surface area contributed by atoms with Crippen molar-refractivity contribution >= 4 is 23.1 Å². The van der Waals surface area contributed by atoms with Crippen LogP contribution >= 0.6 is 0 Å². The second kappa shape index (κ2) is 16.4. The minimum absolute atomic E-state index is 0.00550. The lowest BCUT2D eigenvalue weighted by Crippen LogP contribution is -2.30. The summed E-state index contributed by atoms with van der Waals surface area (Å²) >= 11 is 0. The van der Waals surface area contributed by atoms with E-state index in [1.165, 1.54) is 13.3 Å². The van der Waals surface area contributed by atoms with E-state index in [1.54, 1.807) is 6.92 Å². The van der Waals surface area contributed by atoms with Gasteiger partial charge in [0.15, 0.2) is 5.78 Å². The van der Waals surface area contributed by atoms with Crippen molar-refractivity contribution in [1.29, 1.82) is 0 Å². The maximum atomic E-state index is 13.7. The van der Waals surface area contributed by atoms with Gasteiger partial charge in [0.2, 0.25) is 0 Å². The molecule has 3 unspecified atom stereocenters. The predicted molar refractivity (Wildman–Crippen MR) is 165 cm³/mol. The largest absolute Gasteiger partial charge is 0.300 e. The molecule has 0 fully saturated rings. The van der Waals surface area contributed by atoms with E-state index in [1.807, 2.05) is 32.0 Å². The van der Waals surface area contributed by atoms with Crippen LogP contribution in [0.3, 0.4) is 0 Å². The monoisotopic (exact) mass is 546 g/mol. The molecule has 3 atom stereocenters. The molecule has 2 aromatic rings. The molecular formula is C36H50O4. The summed E-state index contributed by atoms with van der Waals surface area (Å²) in [5, 5.41) is 0. The Bertz CT molecular complexity index is 1160. The van der Waals surface area contributed by atoms with Crippen molar-refractivity contribution in [3.05, 3.63) is 58.7 Å². The highest BCUT2D eigenvalue weighted by atomic mass is 16.1. The molecule has 3 rings (SSSR count). The van der Waals surface area contributed by atoms with Gasteiger partial charge in [0, 0.05) is 24.3 Å². The average Bonchev–Trinajstić information content (AvgIpc) is 2.89. The first kappa shape index (κ1) is 33.3. The van der Waals surface area contributed by atoms with Crippen LogP contribution in [-0.2, 0) is 27.2 Å². The van der Waals surface area contributed by atoms with Gasteiger partial charge in [-0.1, -0.05) is 83.4 Å². The number of benzene rings is 2. The molecule has 2 aromatic carbocycles. The van der Waals surface area contributed by atoms with E-state index >= 15 is 0 Å². The molecule has 1 aliphatic carbocycles. The van der Waals surface area contributed by atoms with E-state index in [2.05, 4.69) is 39.0 Å². The van der Waals surface area contributed by atoms with Crippen LogP contribution in [0, 0.1) is 24.7 Å². The second-order valence-electron chi connectivity index (χ2n) is 11.7. The number of carbonyl (C=O) groups is 4. The maximum Gasteiger partial charge on any atom is 0.163 e. The Balaban J connectivity index is 0.00000178. The molecule has 218 valence electrons. The van der Waals surface area contributed by atoms with Crippen molar-refractivity contribution in [3.8, 4) is 11.1 Å². The van der Waals surface area contributed by atoms with Crippen molar-refractivity contribution in [1.82, 2.24) is 0 Å². The van der Waals surface area contributed by atoms with Gasteiger partial charge in [-0.2, -0.15) is 0 Å². The van der Waals surface area contributed by atoms with Crippen LogP contribution in [0.1, 0.15) is 120 Å². The summed E-state index contributed by atoms with van der Waals surface area (Å²) < 4.78 is 0. The molecule has 0 spiro atoms. The summed E-state index contributed by atoms with van der Waals surface area (Å²) in [6.07, 6.45) is 7.09. The number of rotatable bonds is 13. The Hall–Kier alpha value is -2.88. The number of hydrogen-bond acceptors (Lipinski definition) is 4. The zero-order valence-corrected chi connectivity index (χ0v) is 25.9. The topological polar surface area (TPSA) is 68.3 Å². The van der Waals surface area contributed by atoms with Crippen molar-refractivity contribution < 1.29 is 19.2 Å². The van der Waals surface area contributed by atoms with Gasteiger partial charge in [-0.25, -0.2) is 0 Å². The van der Waals surface area contributed by atoms with Crippen molar-refractivity contribution in [2.45, 2.75) is 113 Å². The van der Waals surface area contributed by atoms with Crippen LogP contribution in [0.15, 0.2) is 36.4 Å². The lowest BCUT2D eigenvalue weighted by Gasteiger charge is -2.33. The first-order valence-electron chi connectivity index (χ1n) is 15.3. The number of hydrogen-bond donors (Lipinski definition) is 0. The molecular weight excluding hydrogens is 496 g/mol. The smallest absolute Gasteiger partial charge is 0.163 e. The van der Waals surface area contributed by atoms with Crippen molar-refractivity contribution in [2.24, 2.45) is 17.8 Å². The lowest BCUT2D eigenvalue weighted by molar-refractivity contribution is -0.130. The summed E-state index contributed by atoms with van der Waals surface area (Å²) in [6.45, 7) is 13.5. The lowest BCUT2D eigenvalue weighted by atomic mass is 9.70. The second-order valence-corrected chi connectivity index (χ2v) is 11.7. The maximum absolute atomic E-state index is 13.7. The zero-order chi connectivity index (χ0) is 29.8. The Morgan fingerprint density at radius 3 is 2.15 bits per heavy atom. The third kappa shape index (κ3) is 9.08. The Kier molecular flexibility index (Phi) is 13.7. The van der Waals surface area contributed by atoms with Gasteiger partial charge in [0.05, 0.1) is 6.42 Å². The molecule has 4 heteroatoms. The molecule has 0 saturated carbocycles. The minimum Gasteiger partial charge on any atom is -0.300 e. The van der Waals surface area contributed by atoms with E-state index in [9.17, 15) is 19.2 Å². The van der Waals surface area contributed by atoms with Crippen LogP contribution in [0.2, 0.25) is 0 Å². The molecule has 0 aromatic heterocycles. The molecule has 0 radical (unpaired) electrons. The highest BCUT2D eigenvalue weighted by molar-refractivity contribution is 6.02. The highest BCUT2D eigenvalue weighted by Crippen LogP contribution is 2.41. The first-order valence-corrected chi connectivity index (χ1v) is 15.3. The fourth-order valence-corrected chi connectivity index (χ4v) is 6.30. The highest BCUT2D eigenvalue weighted by Gasteiger charge is 2.34. The van der Waals surface area contributed by atoms with Crippen LogP contribution in [-0.4, -0.2) is 23.1 Å². The van der Waals surface area contributed by atoms with Crippen LogP contribution in [0.5, 0.6) is 0 Å². The van der Waals surface area contributed by atoms with E-state index < -0.39 is 0 Å². The zero-order valence-electron chi connectivity index (χ0n) is 25.9. The molecule has 40 heavy (non-hydrogen) atoms. The number of fused-ring (bicyclic) bond motifs is 1. The molecule has 0 aliphatic heterocycles. The minimum atomic E-state index is -0.135. The van der Waals surface area contributed by atoms with Crippen molar-refractivity contribution in [3.63, 3.8) is 0 Å². The first-order chi connectivity index (χ1) is 19.1. The summed E-state index contributed by atoms with van der Waals surface area (Å²) in [7, 11) is 0. The third-order valence-electron chi connectivity index (χ3n) is 8.02. The molecule has 1 aliphatic rings. The summed E-state index contributed by atoms with van der Waals surface area (Å²) in [4.78, 5) is 50.0. The van der Waals surface area contributed by atoms with Crippen LogP contribution in [0.4, 0.5) is 0 Å². The molecule has 0 bridgehead atoms. The van der Waals surface area contributed by atoms with Crippen LogP contribution in [0.25, 0.3) is 11.1 Å². The van der Waals surface area contributed by atoms with E-state index in [0.717, 1.165) is 65.5 Å². The van der Waals surface area contributed by atoms with Gasteiger partial charge >= 0.3 is 0 Å². The van der Waals surface area contributed by atoms with E-state index in [4.69, 9.17) is 0 Å². The van der Waals surface area contributed by atoms with Gasteiger partial charge in [-0.05, 0) is 86.1 Å². The number of aryl methyl sites for hydroxylation is 1.